The molecular weight excluding hydrogens is 332 g/mol. The second kappa shape index (κ2) is 6.11. The summed E-state index contributed by atoms with van der Waals surface area (Å²) in [5.41, 5.74) is 2.25. The number of aromatic nitrogens is 5. The third kappa shape index (κ3) is 2.44. The van der Waals surface area contributed by atoms with Gasteiger partial charge < -0.3 is 5.11 Å². The summed E-state index contributed by atoms with van der Waals surface area (Å²) in [7, 11) is 0. The minimum atomic E-state index is -0.400. The number of fused-ring (bicyclic) bond motifs is 1. The summed E-state index contributed by atoms with van der Waals surface area (Å²) < 4.78 is 3.07. The van der Waals surface area contributed by atoms with Crippen LogP contribution in [-0.4, -0.2) is 35.6 Å². The second-order valence-corrected chi connectivity index (χ2v) is 7.07. The van der Waals surface area contributed by atoms with Gasteiger partial charge in [0.2, 0.25) is 0 Å². The van der Waals surface area contributed by atoms with Crippen LogP contribution in [0.3, 0.4) is 0 Å². The highest BCUT2D eigenvalue weighted by atomic mass is 16.3. The van der Waals surface area contributed by atoms with Crippen molar-refractivity contribution >= 4 is 5.65 Å². The monoisotopic (exact) mass is 352 g/mol. The Bertz CT molecular complexity index is 1070. The van der Waals surface area contributed by atoms with Gasteiger partial charge in [0.25, 0.3) is 5.56 Å². The average Bonchev–Trinajstić information content (AvgIpc) is 3.32. The van der Waals surface area contributed by atoms with Crippen LogP contribution in [0, 0.1) is 11.3 Å². The number of nitrogens with zero attached hydrogens (tertiary/aromatic N) is 5. The number of nitrogens with one attached hydrogen (secondary N) is 1. The minimum absolute atomic E-state index is 0.0435. The van der Waals surface area contributed by atoms with Crippen LogP contribution in [0.4, 0.5) is 0 Å². The normalized spacial score (nSPS) is 20.1. The highest BCUT2D eigenvalue weighted by molar-refractivity contribution is 5.67. The molecule has 0 aromatic carbocycles. The van der Waals surface area contributed by atoms with Crippen LogP contribution in [0.25, 0.3) is 16.9 Å². The van der Waals surface area contributed by atoms with E-state index < -0.39 is 6.10 Å². The lowest BCUT2D eigenvalue weighted by molar-refractivity contribution is 0.130. The van der Waals surface area contributed by atoms with Crippen molar-refractivity contribution in [1.82, 2.24) is 24.4 Å². The van der Waals surface area contributed by atoms with Crippen molar-refractivity contribution in [2.24, 2.45) is 0 Å². The van der Waals surface area contributed by atoms with E-state index in [4.69, 9.17) is 0 Å². The summed E-state index contributed by atoms with van der Waals surface area (Å²) in [4.78, 5) is 17.5. The van der Waals surface area contributed by atoms with Crippen LogP contribution in [-0.2, 0) is 0 Å². The molecular formula is C18H20N6O2. The fourth-order valence-electron chi connectivity index (χ4n) is 3.72. The van der Waals surface area contributed by atoms with Crippen molar-refractivity contribution < 1.29 is 5.11 Å². The van der Waals surface area contributed by atoms with E-state index in [0.717, 1.165) is 24.8 Å². The molecule has 2 N–H and O–H groups in total. The molecule has 1 aliphatic carbocycles. The van der Waals surface area contributed by atoms with Gasteiger partial charge in [0, 0.05) is 23.5 Å². The molecule has 2 atom stereocenters. The SMILES string of the molecule is CC(C)c1c(-c2cnn(C3CCCC3O)c2)nc2c(C#N)c[nH]n2c1=O. The van der Waals surface area contributed by atoms with E-state index in [-0.39, 0.29) is 17.5 Å². The maximum atomic E-state index is 12.9. The minimum Gasteiger partial charge on any atom is -0.391 e. The zero-order chi connectivity index (χ0) is 18.4. The van der Waals surface area contributed by atoms with Crippen molar-refractivity contribution in [3.8, 4) is 17.3 Å². The molecule has 1 saturated carbocycles. The Labute approximate surface area is 149 Å². The van der Waals surface area contributed by atoms with Crippen molar-refractivity contribution in [3.63, 3.8) is 0 Å². The molecule has 3 aromatic heterocycles. The molecule has 8 nitrogen and oxygen atoms in total. The zero-order valence-electron chi connectivity index (χ0n) is 14.7. The second-order valence-electron chi connectivity index (χ2n) is 7.07. The van der Waals surface area contributed by atoms with Gasteiger partial charge >= 0.3 is 0 Å². The first-order valence-corrected chi connectivity index (χ1v) is 8.78. The first kappa shape index (κ1) is 16.5. The Morgan fingerprint density at radius 2 is 2.23 bits per heavy atom. The van der Waals surface area contributed by atoms with Gasteiger partial charge in [-0.1, -0.05) is 13.8 Å². The highest BCUT2D eigenvalue weighted by Crippen LogP contribution is 2.32. The topological polar surface area (TPSA) is 112 Å². The van der Waals surface area contributed by atoms with Gasteiger partial charge in [-0.15, -0.1) is 0 Å². The molecule has 0 saturated heterocycles. The molecule has 4 rings (SSSR count). The summed E-state index contributed by atoms with van der Waals surface area (Å²) in [6, 6.07) is 2.01. The summed E-state index contributed by atoms with van der Waals surface area (Å²) in [6.45, 7) is 3.88. The molecule has 0 bridgehead atoms. The van der Waals surface area contributed by atoms with Gasteiger partial charge in [0.05, 0.1) is 24.0 Å². The molecule has 0 aliphatic heterocycles. The van der Waals surface area contributed by atoms with E-state index in [1.807, 2.05) is 20.0 Å². The van der Waals surface area contributed by atoms with Gasteiger partial charge in [-0.05, 0) is 25.2 Å². The van der Waals surface area contributed by atoms with Crippen LogP contribution in [0.2, 0.25) is 0 Å². The van der Waals surface area contributed by atoms with E-state index >= 15 is 0 Å². The van der Waals surface area contributed by atoms with Gasteiger partial charge in [-0.25, -0.2) is 9.50 Å². The quantitative estimate of drug-likeness (QED) is 0.748. The standard InChI is InChI=1S/C18H20N6O2/c1-10(2)15-16(22-17-11(6-19)7-21-24(17)18(15)26)12-8-20-23(9-12)13-4-3-5-14(13)25/h7-10,13-14,21,25H,3-5H2,1-2H3. The van der Waals surface area contributed by atoms with E-state index in [1.165, 1.54) is 10.7 Å². The van der Waals surface area contributed by atoms with Crippen molar-refractivity contribution in [1.29, 1.82) is 5.26 Å². The third-order valence-corrected chi connectivity index (χ3v) is 5.05. The summed E-state index contributed by atoms with van der Waals surface area (Å²) in [5, 5.41) is 26.6. The highest BCUT2D eigenvalue weighted by Gasteiger charge is 2.28. The maximum absolute atomic E-state index is 12.9. The Morgan fingerprint density at radius 3 is 2.88 bits per heavy atom. The summed E-state index contributed by atoms with van der Waals surface area (Å²) >= 11 is 0. The van der Waals surface area contributed by atoms with Crippen LogP contribution in [0.5, 0.6) is 0 Å². The number of hydrogen-bond acceptors (Lipinski definition) is 5. The number of nitriles is 1. The largest absolute Gasteiger partial charge is 0.391 e. The number of aromatic amines is 1. The molecule has 3 aromatic rings. The predicted molar refractivity (Wildman–Crippen MR) is 94.7 cm³/mol. The fraction of sp³-hybridized carbons (Fsp3) is 0.444. The number of rotatable bonds is 3. The number of aliphatic hydroxyl groups is 1. The molecule has 2 unspecified atom stereocenters. The lowest BCUT2D eigenvalue weighted by Crippen LogP contribution is -2.22. The van der Waals surface area contributed by atoms with Crippen LogP contribution in [0.15, 0.2) is 23.4 Å². The van der Waals surface area contributed by atoms with E-state index in [9.17, 15) is 15.2 Å². The van der Waals surface area contributed by atoms with Crippen molar-refractivity contribution in [2.75, 3.05) is 0 Å². The Balaban J connectivity index is 1.90. The predicted octanol–water partition coefficient (Wildman–Crippen LogP) is 1.97. The lowest BCUT2D eigenvalue weighted by Gasteiger charge is -2.14. The van der Waals surface area contributed by atoms with E-state index in [1.54, 1.807) is 10.9 Å². The first-order chi connectivity index (χ1) is 12.5. The molecule has 0 radical (unpaired) electrons. The molecule has 1 fully saturated rings. The average molecular weight is 352 g/mol. The molecule has 0 amide bonds. The molecule has 3 heterocycles. The number of hydrogen-bond donors (Lipinski definition) is 2. The Hall–Kier alpha value is -2.92. The molecule has 8 heteroatoms. The van der Waals surface area contributed by atoms with Gasteiger partial charge in [-0.3, -0.25) is 14.6 Å². The van der Waals surface area contributed by atoms with Gasteiger partial charge in [0.1, 0.15) is 11.6 Å². The first-order valence-electron chi connectivity index (χ1n) is 8.78. The zero-order valence-corrected chi connectivity index (χ0v) is 14.7. The molecule has 1 aliphatic rings. The smallest absolute Gasteiger partial charge is 0.276 e. The molecule has 134 valence electrons. The molecule has 0 spiro atoms. The lowest BCUT2D eigenvalue weighted by atomic mass is 10.00. The molecule has 26 heavy (non-hydrogen) atoms. The maximum Gasteiger partial charge on any atom is 0.276 e. The van der Waals surface area contributed by atoms with Crippen LogP contribution < -0.4 is 5.56 Å². The Morgan fingerprint density at radius 1 is 1.42 bits per heavy atom. The number of H-pyrrole nitrogens is 1. The summed E-state index contributed by atoms with van der Waals surface area (Å²) in [6.07, 6.45) is 7.22. The Kier molecular flexibility index (Phi) is 3.89. The van der Waals surface area contributed by atoms with Crippen LogP contribution in [0.1, 0.15) is 56.2 Å². The fourth-order valence-corrected chi connectivity index (χ4v) is 3.72. The number of aliphatic hydroxyl groups excluding tert-OH is 1. The van der Waals surface area contributed by atoms with E-state index in [2.05, 4.69) is 21.3 Å². The van der Waals surface area contributed by atoms with Gasteiger partial charge in [-0.2, -0.15) is 10.4 Å². The van der Waals surface area contributed by atoms with Crippen molar-refractivity contribution in [2.45, 2.75) is 51.2 Å². The summed E-state index contributed by atoms with van der Waals surface area (Å²) in [5.74, 6) is -0.0452. The van der Waals surface area contributed by atoms with Gasteiger partial charge in [0.15, 0.2) is 5.65 Å². The van der Waals surface area contributed by atoms with Crippen LogP contribution >= 0.6 is 0 Å². The third-order valence-electron chi connectivity index (χ3n) is 5.05. The van der Waals surface area contributed by atoms with Crippen molar-refractivity contribution in [3.05, 3.63) is 40.1 Å². The van der Waals surface area contributed by atoms with E-state index in [0.29, 0.717) is 22.5 Å².